The van der Waals surface area contributed by atoms with E-state index in [2.05, 4.69) is 0 Å². The first-order valence-electron chi connectivity index (χ1n) is 2.59. The lowest BCUT2D eigenvalue weighted by Crippen LogP contribution is -2.23. The summed E-state index contributed by atoms with van der Waals surface area (Å²) in [5, 5.41) is 8.45. The first-order valence-corrected chi connectivity index (χ1v) is 3.86. The third-order valence-corrected chi connectivity index (χ3v) is 1.73. The van der Waals surface area contributed by atoms with Crippen molar-refractivity contribution in [2.24, 2.45) is 11.7 Å². The molecule has 4 N–H and O–H groups in total. The second-order valence-electron chi connectivity index (χ2n) is 1.77. The van der Waals surface area contributed by atoms with Crippen LogP contribution in [-0.4, -0.2) is 32.8 Å². The molecule has 0 aromatic heterocycles. The Bertz CT molecular complexity index is 93.8. The molecule has 2 atom stereocenters. The van der Waals surface area contributed by atoms with Crippen LogP contribution in [0.4, 0.5) is 0 Å². The molecule has 0 aliphatic carbocycles. The normalized spacial score (nSPS) is 17.2. The highest BCUT2D eigenvalue weighted by atomic mass is 32.2. The molecular formula is C4H11NO3S. The van der Waals surface area contributed by atoms with Gasteiger partial charge in [0.15, 0.2) is 11.1 Å². The number of rotatable bonds is 4. The molecule has 0 saturated carbocycles. The van der Waals surface area contributed by atoms with Gasteiger partial charge in [0.2, 0.25) is 0 Å². The third-order valence-electron chi connectivity index (χ3n) is 0.970. The van der Waals surface area contributed by atoms with E-state index in [0.717, 1.165) is 0 Å². The van der Waals surface area contributed by atoms with Crippen LogP contribution >= 0.6 is 0 Å². The van der Waals surface area contributed by atoms with Crippen LogP contribution in [0.5, 0.6) is 0 Å². The highest BCUT2D eigenvalue weighted by Crippen LogP contribution is 1.92. The monoisotopic (exact) mass is 153 g/mol. The van der Waals surface area contributed by atoms with E-state index in [1.165, 1.54) is 0 Å². The molecule has 0 aromatic carbocycles. The second-order valence-corrected chi connectivity index (χ2v) is 2.75. The minimum atomic E-state index is -1.84. The van der Waals surface area contributed by atoms with Crippen LogP contribution in [-0.2, 0) is 11.1 Å². The molecule has 0 rings (SSSR count). The number of hydrogen-bond acceptors (Lipinski definition) is 3. The topological polar surface area (TPSA) is 83.5 Å². The summed E-state index contributed by atoms with van der Waals surface area (Å²) in [5.41, 5.74) is 5.13. The predicted octanol–water partition coefficient (Wildman–Crippen LogP) is -1.22. The number of aliphatic hydroxyl groups excluding tert-OH is 1. The van der Waals surface area contributed by atoms with Gasteiger partial charge in [0.25, 0.3) is 0 Å². The number of aliphatic hydroxyl groups is 1. The van der Waals surface area contributed by atoms with Crippen LogP contribution in [0.3, 0.4) is 0 Å². The molecule has 9 heavy (non-hydrogen) atoms. The largest absolute Gasteiger partial charge is 0.396 e. The molecule has 0 bridgehead atoms. The second kappa shape index (κ2) is 4.87. The summed E-state index contributed by atoms with van der Waals surface area (Å²) < 4.78 is 18.4. The van der Waals surface area contributed by atoms with Gasteiger partial charge in [0, 0.05) is 12.5 Å². The minimum absolute atomic E-state index is 0.0625. The van der Waals surface area contributed by atoms with Crippen molar-refractivity contribution < 1.29 is 13.9 Å². The Morgan fingerprint density at radius 3 is 2.33 bits per heavy atom. The lowest BCUT2D eigenvalue weighted by Gasteiger charge is -2.06. The molecule has 0 fully saturated rings. The maximum atomic E-state index is 10.1. The smallest absolute Gasteiger partial charge is 0.153 e. The van der Waals surface area contributed by atoms with Gasteiger partial charge in [-0.15, -0.1) is 0 Å². The van der Waals surface area contributed by atoms with E-state index >= 15 is 0 Å². The van der Waals surface area contributed by atoms with Crippen LogP contribution in [0.1, 0.15) is 0 Å². The molecule has 0 heterocycles. The van der Waals surface area contributed by atoms with E-state index in [4.69, 9.17) is 15.4 Å². The molecule has 0 aliphatic rings. The van der Waals surface area contributed by atoms with Gasteiger partial charge in [-0.2, -0.15) is 0 Å². The maximum Gasteiger partial charge on any atom is 0.153 e. The Morgan fingerprint density at radius 1 is 1.67 bits per heavy atom. The number of nitrogens with two attached hydrogens (primary N) is 1. The summed E-state index contributed by atoms with van der Waals surface area (Å²) in [4.78, 5) is 0. The van der Waals surface area contributed by atoms with Gasteiger partial charge < -0.3 is 15.4 Å². The van der Waals surface area contributed by atoms with Gasteiger partial charge in [-0.3, -0.25) is 0 Å². The van der Waals surface area contributed by atoms with E-state index in [-0.39, 0.29) is 24.8 Å². The van der Waals surface area contributed by atoms with Gasteiger partial charge in [-0.25, -0.2) is 4.21 Å². The SMILES string of the molecule is NC[C@H](CO)CS(=O)O. The Labute approximate surface area is 56.3 Å². The molecule has 0 aromatic rings. The molecular weight excluding hydrogens is 142 g/mol. The van der Waals surface area contributed by atoms with Crippen molar-refractivity contribution in [3.05, 3.63) is 0 Å². The summed E-state index contributed by atoms with van der Waals surface area (Å²) in [6.07, 6.45) is 0. The van der Waals surface area contributed by atoms with Gasteiger partial charge >= 0.3 is 0 Å². The zero-order valence-corrected chi connectivity index (χ0v) is 5.80. The predicted molar refractivity (Wildman–Crippen MR) is 35.3 cm³/mol. The van der Waals surface area contributed by atoms with E-state index in [9.17, 15) is 4.21 Å². The van der Waals surface area contributed by atoms with E-state index in [1.54, 1.807) is 0 Å². The lowest BCUT2D eigenvalue weighted by atomic mass is 10.2. The van der Waals surface area contributed by atoms with Gasteiger partial charge in [-0.05, 0) is 6.54 Å². The van der Waals surface area contributed by atoms with Crippen LogP contribution in [0.25, 0.3) is 0 Å². The summed E-state index contributed by atoms with van der Waals surface area (Å²) in [6, 6.07) is 0. The fourth-order valence-corrected chi connectivity index (χ4v) is 1.04. The third kappa shape index (κ3) is 4.53. The first kappa shape index (κ1) is 9.03. The van der Waals surface area contributed by atoms with Crippen molar-refractivity contribution in [3.63, 3.8) is 0 Å². The zero-order valence-electron chi connectivity index (χ0n) is 4.99. The van der Waals surface area contributed by atoms with Crippen molar-refractivity contribution in [2.75, 3.05) is 18.9 Å². The van der Waals surface area contributed by atoms with Gasteiger partial charge in [0.05, 0.1) is 5.75 Å². The van der Waals surface area contributed by atoms with Crippen molar-refractivity contribution in [1.82, 2.24) is 0 Å². The standard InChI is InChI=1S/C4H11NO3S/c5-1-4(2-6)3-9(7)8/h4,6H,1-3,5H2,(H,7,8)/t4-/m1/s1. The maximum absolute atomic E-state index is 10.1. The molecule has 4 nitrogen and oxygen atoms in total. The first-order chi connectivity index (χ1) is 4.20. The van der Waals surface area contributed by atoms with Crippen LogP contribution in [0.2, 0.25) is 0 Å². The summed E-state index contributed by atoms with van der Waals surface area (Å²) >= 11 is -1.84. The van der Waals surface area contributed by atoms with Crippen molar-refractivity contribution in [1.29, 1.82) is 0 Å². The lowest BCUT2D eigenvalue weighted by molar-refractivity contribution is 0.242. The Hall–Kier alpha value is 0.0300. The molecule has 0 amide bonds. The molecule has 5 heteroatoms. The quantitative estimate of drug-likeness (QED) is 0.442. The molecule has 0 spiro atoms. The van der Waals surface area contributed by atoms with E-state index < -0.39 is 11.1 Å². The van der Waals surface area contributed by atoms with Crippen LogP contribution in [0.15, 0.2) is 0 Å². The molecule has 0 radical (unpaired) electrons. The van der Waals surface area contributed by atoms with E-state index in [1.807, 2.05) is 0 Å². The Balaban J connectivity index is 3.43. The Morgan fingerprint density at radius 2 is 2.22 bits per heavy atom. The fraction of sp³-hybridized carbons (Fsp3) is 1.00. The highest BCUT2D eigenvalue weighted by molar-refractivity contribution is 7.79. The number of hydrogen-bond donors (Lipinski definition) is 3. The van der Waals surface area contributed by atoms with Crippen LogP contribution < -0.4 is 5.73 Å². The summed E-state index contributed by atoms with van der Waals surface area (Å²) in [7, 11) is 0. The summed E-state index contributed by atoms with van der Waals surface area (Å²) in [6.45, 7) is 0.131. The van der Waals surface area contributed by atoms with Crippen LogP contribution in [0, 0.1) is 5.92 Å². The minimum Gasteiger partial charge on any atom is -0.396 e. The molecule has 1 unspecified atom stereocenters. The fourth-order valence-electron chi connectivity index (χ4n) is 0.397. The zero-order chi connectivity index (χ0) is 7.28. The average molecular weight is 153 g/mol. The van der Waals surface area contributed by atoms with Gasteiger partial charge in [0.1, 0.15) is 0 Å². The Kier molecular flexibility index (Phi) is 4.88. The summed E-state index contributed by atoms with van der Waals surface area (Å²) in [5.74, 6) is -0.177. The average Bonchev–Trinajstić information content (AvgIpc) is 1.82. The van der Waals surface area contributed by atoms with Crippen molar-refractivity contribution in [2.45, 2.75) is 0 Å². The highest BCUT2D eigenvalue weighted by Gasteiger charge is 2.06. The van der Waals surface area contributed by atoms with Gasteiger partial charge in [-0.1, -0.05) is 0 Å². The van der Waals surface area contributed by atoms with Crippen molar-refractivity contribution in [3.8, 4) is 0 Å². The van der Waals surface area contributed by atoms with E-state index in [0.29, 0.717) is 0 Å². The molecule has 0 saturated heterocycles. The molecule has 56 valence electrons. The van der Waals surface area contributed by atoms with Crippen molar-refractivity contribution >= 4 is 11.1 Å². The molecule has 0 aliphatic heterocycles.